The molecule has 1 heterocycles. The highest BCUT2D eigenvalue weighted by Gasteiger charge is 2.23. The van der Waals surface area contributed by atoms with Crippen LogP contribution in [0.15, 0.2) is 23.1 Å². The molecule has 6 heteroatoms. The fourth-order valence-electron chi connectivity index (χ4n) is 1.54. The molecule has 1 N–H and O–H groups in total. The van der Waals surface area contributed by atoms with Gasteiger partial charge in [-0.25, -0.2) is 0 Å². The van der Waals surface area contributed by atoms with Crippen molar-refractivity contribution in [3.63, 3.8) is 0 Å². The van der Waals surface area contributed by atoms with Crippen molar-refractivity contribution in [3.05, 3.63) is 38.8 Å². The van der Waals surface area contributed by atoms with E-state index in [1.54, 1.807) is 0 Å². The van der Waals surface area contributed by atoms with Crippen molar-refractivity contribution in [2.45, 2.75) is 38.8 Å². The van der Waals surface area contributed by atoms with Crippen molar-refractivity contribution in [1.82, 2.24) is 4.57 Å². The van der Waals surface area contributed by atoms with Crippen LogP contribution in [0.2, 0.25) is 0 Å². The van der Waals surface area contributed by atoms with Gasteiger partial charge in [-0.2, -0.15) is 0 Å². The Morgan fingerprint density at radius 3 is 2.47 bits per heavy atom. The first-order chi connectivity index (χ1) is 7.91. The fraction of sp³-hybridized carbons (Fsp3) is 0.545. The van der Waals surface area contributed by atoms with Gasteiger partial charge in [-0.05, 0) is 12.8 Å². The lowest BCUT2D eigenvalue weighted by molar-refractivity contribution is -0.385. The van der Waals surface area contributed by atoms with Crippen LogP contribution < -0.4 is 5.56 Å². The Balaban J connectivity index is 3.09. The number of nitrogens with zero attached hydrogens (tertiary/aromatic N) is 2. The normalized spacial score (nSPS) is 11.5. The Morgan fingerprint density at radius 1 is 1.41 bits per heavy atom. The minimum Gasteiger partial charge on any atom is -0.388 e. The van der Waals surface area contributed by atoms with Crippen LogP contribution in [0.3, 0.4) is 0 Å². The molecule has 0 fully saturated rings. The van der Waals surface area contributed by atoms with Crippen molar-refractivity contribution >= 4 is 5.69 Å². The van der Waals surface area contributed by atoms with Gasteiger partial charge in [0.05, 0.1) is 23.3 Å². The number of aromatic nitrogens is 1. The van der Waals surface area contributed by atoms with E-state index in [1.165, 1.54) is 10.8 Å². The quantitative estimate of drug-likeness (QED) is 0.621. The molecular weight excluding hydrogens is 224 g/mol. The van der Waals surface area contributed by atoms with Gasteiger partial charge >= 0.3 is 0 Å². The second-order valence-corrected chi connectivity index (χ2v) is 4.04. The van der Waals surface area contributed by atoms with Gasteiger partial charge in [0.25, 0.3) is 11.2 Å². The molecule has 0 aromatic carbocycles. The average molecular weight is 240 g/mol. The summed E-state index contributed by atoms with van der Waals surface area (Å²) in [5.41, 5.74) is -1.51. The summed E-state index contributed by atoms with van der Waals surface area (Å²) in [6.07, 6.45) is 2.13. The third-order valence-corrected chi connectivity index (χ3v) is 2.96. The summed E-state index contributed by atoms with van der Waals surface area (Å²) in [5, 5.41) is 20.7. The maximum atomic E-state index is 11.5. The molecule has 0 saturated carbocycles. The molecule has 0 spiro atoms. The summed E-state index contributed by atoms with van der Waals surface area (Å²) >= 11 is 0. The molecule has 1 aromatic rings. The molecule has 0 saturated heterocycles. The van der Waals surface area contributed by atoms with Crippen molar-refractivity contribution in [1.29, 1.82) is 0 Å². The first-order valence-corrected chi connectivity index (χ1v) is 5.49. The van der Waals surface area contributed by atoms with Gasteiger partial charge in [0, 0.05) is 12.1 Å². The highest BCUT2D eigenvalue weighted by molar-refractivity contribution is 5.24. The summed E-state index contributed by atoms with van der Waals surface area (Å²) in [4.78, 5) is 21.6. The standard InChI is InChI=1S/C11H16N2O4/c1-3-11(15,4-2)8-12-7-9(13(16)17)5-6-10(12)14/h5-7,15H,3-4,8H2,1-2H3. The lowest BCUT2D eigenvalue weighted by Crippen LogP contribution is -2.36. The monoisotopic (exact) mass is 240 g/mol. The molecule has 0 bridgehead atoms. The van der Waals surface area contributed by atoms with Gasteiger partial charge in [0.1, 0.15) is 0 Å². The van der Waals surface area contributed by atoms with Crippen LogP contribution in [0.1, 0.15) is 26.7 Å². The Hall–Kier alpha value is -1.69. The third-order valence-electron chi connectivity index (χ3n) is 2.96. The molecule has 0 radical (unpaired) electrons. The lowest BCUT2D eigenvalue weighted by Gasteiger charge is -2.25. The van der Waals surface area contributed by atoms with Crippen molar-refractivity contribution in [3.8, 4) is 0 Å². The van der Waals surface area contributed by atoms with E-state index >= 15 is 0 Å². The smallest absolute Gasteiger partial charge is 0.285 e. The maximum Gasteiger partial charge on any atom is 0.285 e. The topological polar surface area (TPSA) is 85.4 Å². The van der Waals surface area contributed by atoms with Crippen molar-refractivity contribution in [2.75, 3.05) is 0 Å². The van der Waals surface area contributed by atoms with Gasteiger partial charge in [-0.1, -0.05) is 13.8 Å². The SMILES string of the molecule is CCC(O)(CC)Cn1cc([N+](=O)[O-])ccc1=O. The predicted molar refractivity (Wildman–Crippen MR) is 62.9 cm³/mol. The summed E-state index contributed by atoms with van der Waals surface area (Å²) in [5.74, 6) is 0. The van der Waals surface area contributed by atoms with E-state index < -0.39 is 10.5 Å². The Labute approximate surface area is 98.7 Å². The van der Waals surface area contributed by atoms with E-state index in [0.29, 0.717) is 12.8 Å². The first-order valence-electron chi connectivity index (χ1n) is 5.49. The fourth-order valence-corrected chi connectivity index (χ4v) is 1.54. The predicted octanol–water partition coefficient (Wildman–Crippen LogP) is 1.31. The summed E-state index contributed by atoms with van der Waals surface area (Å²) in [7, 11) is 0. The zero-order chi connectivity index (χ0) is 13.1. The second kappa shape index (κ2) is 5.09. The lowest BCUT2D eigenvalue weighted by atomic mass is 9.97. The van der Waals surface area contributed by atoms with Crippen LogP contribution in [0, 0.1) is 10.1 Å². The van der Waals surface area contributed by atoms with Crippen LogP contribution in [-0.2, 0) is 6.54 Å². The Morgan fingerprint density at radius 2 is 2.00 bits per heavy atom. The molecule has 0 aliphatic rings. The zero-order valence-electron chi connectivity index (χ0n) is 9.92. The second-order valence-electron chi connectivity index (χ2n) is 4.04. The summed E-state index contributed by atoms with van der Waals surface area (Å²) < 4.78 is 1.19. The van der Waals surface area contributed by atoms with Crippen LogP contribution in [0.4, 0.5) is 5.69 Å². The number of rotatable bonds is 5. The molecule has 0 amide bonds. The van der Waals surface area contributed by atoms with E-state index in [2.05, 4.69) is 0 Å². The first kappa shape index (κ1) is 13.4. The maximum absolute atomic E-state index is 11.5. The van der Waals surface area contributed by atoms with E-state index in [1.807, 2.05) is 13.8 Å². The largest absolute Gasteiger partial charge is 0.388 e. The number of nitro groups is 1. The highest BCUT2D eigenvalue weighted by atomic mass is 16.6. The number of pyridine rings is 1. The van der Waals surface area contributed by atoms with E-state index in [9.17, 15) is 20.0 Å². The van der Waals surface area contributed by atoms with Gasteiger partial charge in [-0.3, -0.25) is 14.9 Å². The Kier molecular flexibility index (Phi) is 4.01. The van der Waals surface area contributed by atoms with Gasteiger partial charge in [0.2, 0.25) is 0 Å². The molecule has 17 heavy (non-hydrogen) atoms. The zero-order valence-corrected chi connectivity index (χ0v) is 9.92. The van der Waals surface area contributed by atoms with Crippen LogP contribution in [0.25, 0.3) is 0 Å². The minimum absolute atomic E-state index is 0.0700. The van der Waals surface area contributed by atoms with Gasteiger partial charge in [-0.15, -0.1) is 0 Å². The molecule has 0 atom stereocenters. The van der Waals surface area contributed by atoms with E-state index in [-0.39, 0.29) is 17.8 Å². The number of hydrogen-bond donors (Lipinski definition) is 1. The van der Waals surface area contributed by atoms with E-state index in [4.69, 9.17) is 0 Å². The van der Waals surface area contributed by atoms with Crippen molar-refractivity contribution < 1.29 is 10.0 Å². The molecule has 1 rings (SSSR count). The van der Waals surface area contributed by atoms with Crippen molar-refractivity contribution in [2.24, 2.45) is 0 Å². The number of aliphatic hydroxyl groups is 1. The molecule has 6 nitrogen and oxygen atoms in total. The Bertz CT molecular complexity index is 463. The van der Waals surface area contributed by atoms with Gasteiger partial charge < -0.3 is 9.67 Å². The molecule has 0 unspecified atom stereocenters. The van der Waals surface area contributed by atoms with Gasteiger partial charge in [0.15, 0.2) is 0 Å². The van der Waals surface area contributed by atoms with Crippen LogP contribution in [-0.4, -0.2) is 20.2 Å². The highest BCUT2D eigenvalue weighted by Crippen LogP contribution is 2.17. The molecule has 0 aliphatic heterocycles. The van der Waals surface area contributed by atoms with E-state index in [0.717, 1.165) is 12.1 Å². The summed E-state index contributed by atoms with van der Waals surface area (Å²) in [6, 6.07) is 2.31. The minimum atomic E-state index is -1.00. The third kappa shape index (κ3) is 3.13. The van der Waals surface area contributed by atoms with Crippen LogP contribution in [0.5, 0.6) is 0 Å². The summed E-state index contributed by atoms with van der Waals surface area (Å²) in [6.45, 7) is 3.69. The average Bonchev–Trinajstić information content (AvgIpc) is 2.31. The molecule has 94 valence electrons. The number of hydrogen-bond acceptors (Lipinski definition) is 4. The molecule has 0 aliphatic carbocycles. The van der Waals surface area contributed by atoms with Crippen LogP contribution >= 0.6 is 0 Å². The molecule has 1 aromatic heterocycles. The molecular formula is C11H16N2O4.